The quantitative estimate of drug-likeness (QED) is 0.206. The van der Waals surface area contributed by atoms with Gasteiger partial charge in [-0.15, -0.1) is 0 Å². The molecule has 9 aromatic rings. The number of hydrogen-bond acceptors (Lipinski definition) is 1. The van der Waals surface area contributed by atoms with E-state index in [0.717, 1.165) is 65.4 Å². The molecular formula is C40H24O. The number of benzene rings is 8. The molecule has 1 aromatic heterocycles. The Morgan fingerprint density at radius 3 is 1.56 bits per heavy atom. The van der Waals surface area contributed by atoms with Crippen LogP contribution in [0, 0.1) is 0 Å². The van der Waals surface area contributed by atoms with Gasteiger partial charge in [-0.3, -0.25) is 0 Å². The zero-order valence-electron chi connectivity index (χ0n) is 23.2. The lowest BCUT2D eigenvalue weighted by Crippen LogP contribution is -1.91. The van der Waals surface area contributed by atoms with Gasteiger partial charge in [0.2, 0.25) is 0 Å². The van der Waals surface area contributed by atoms with Gasteiger partial charge in [-0.25, -0.2) is 0 Å². The molecule has 0 radical (unpaired) electrons. The van der Waals surface area contributed by atoms with Crippen molar-refractivity contribution in [2.45, 2.75) is 0 Å². The third-order valence-corrected chi connectivity index (χ3v) is 8.51. The first-order chi connectivity index (χ1) is 20.8. The van der Waals surface area contributed by atoms with Gasteiger partial charge in [0.15, 0.2) is 0 Å². The van der Waals surface area contributed by atoms with Crippen LogP contribution in [-0.2, 0) is 0 Å². The van der Waals surface area contributed by atoms with Crippen molar-refractivity contribution in [2.24, 2.45) is 0 Å². The lowest BCUT2D eigenvalue weighted by atomic mass is 9.84. The molecule has 0 saturated heterocycles. The summed E-state index contributed by atoms with van der Waals surface area (Å²) < 4.78 is 16.6. The molecule has 1 heteroatoms. The Bertz CT molecular complexity index is 2460. The predicted molar refractivity (Wildman–Crippen MR) is 175 cm³/mol. The number of furan rings is 1. The summed E-state index contributed by atoms with van der Waals surface area (Å²) in [5, 5.41) is 10.8. The highest BCUT2D eigenvalue weighted by Gasteiger charge is 2.22. The molecule has 9 rings (SSSR count). The van der Waals surface area contributed by atoms with Crippen LogP contribution in [0.25, 0.3) is 87.3 Å². The van der Waals surface area contributed by atoms with E-state index >= 15 is 0 Å². The first-order valence-corrected chi connectivity index (χ1v) is 14.0. The minimum Gasteiger partial charge on any atom is -0.455 e. The Morgan fingerprint density at radius 1 is 0.390 bits per heavy atom. The summed E-state index contributed by atoms with van der Waals surface area (Å²) in [6.07, 6.45) is 0. The fourth-order valence-electron chi connectivity index (χ4n) is 6.75. The molecule has 1 nitrogen and oxygen atoms in total. The van der Waals surface area contributed by atoms with E-state index in [1.165, 1.54) is 21.9 Å². The maximum absolute atomic E-state index is 9.76. The average molecular weight is 522 g/mol. The molecule has 0 atom stereocenters. The minimum absolute atomic E-state index is 0.525. The van der Waals surface area contributed by atoms with Gasteiger partial charge in [-0.05, 0) is 66.7 Å². The molecule has 0 unspecified atom stereocenters. The maximum Gasteiger partial charge on any atom is 0.143 e. The van der Waals surface area contributed by atoms with Crippen molar-refractivity contribution in [3.8, 4) is 22.3 Å². The third-order valence-electron chi connectivity index (χ3n) is 8.51. The fourth-order valence-corrected chi connectivity index (χ4v) is 6.75. The summed E-state index contributed by atoms with van der Waals surface area (Å²) in [6, 6.07) is 49.4. The second kappa shape index (κ2) is 8.55. The second-order valence-electron chi connectivity index (χ2n) is 10.7. The third kappa shape index (κ3) is 3.18. The minimum atomic E-state index is 0.525. The van der Waals surface area contributed by atoms with Gasteiger partial charge in [-0.2, -0.15) is 0 Å². The summed E-state index contributed by atoms with van der Waals surface area (Å²) >= 11 is 0. The summed E-state index contributed by atoms with van der Waals surface area (Å²) in [7, 11) is 0. The fraction of sp³-hybridized carbons (Fsp3) is 0. The van der Waals surface area contributed by atoms with Crippen molar-refractivity contribution in [3.63, 3.8) is 0 Å². The lowest BCUT2D eigenvalue weighted by Gasteiger charge is -2.18. The Kier molecular flexibility index (Phi) is 4.47. The largest absolute Gasteiger partial charge is 0.455 e. The van der Waals surface area contributed by atoms with Crippen LogP contribution in [0.15, 0.2) is 150 Å². The van der Waals surface area contributed by atoms with Gasteiger partial charge < -0.3 is 4.42 Å². The standard InChI is InChI=1S/C40H24O/c1-2-13-26(14-3-1)36-30-18-8-10-20-32(30)37(33-21-11-9-19-31(33)36)35-24-27-15-5-7-17-29(27)40-38(35)34-23-22-25-12-4-6-16-28(25)39(34)41-40/h1-24H/i24D. The van der Waals surface area contributed by atoms with Gasteiger partial charge in [-0.1, -0.05) is 133 Å². The van der Waals surface area contributed by atoms with Crippen LogP contribution in [0.2, 0.25) is 0 Å². The van der Waals surface area contributed by atoms with Crippen LogP contribution in [-0.4, -0.2) is 0 Å². The molecule has 41 heavy (non-hydrogen) atoms. The zero-order valence-corrected chi connectivity index (χ0v) is 22.2. The molecule has 0 aliphatic rings. The summed E-state index contributed by atoms with van der Waals surface area (Å²) in [4.78, 5) is 0. The molecule has 0 spiro atoms. The van der Waals surface area contributed by atoms with Crippen LogP contribution < -0.4 is 0 Å². The van der Waals surface area contributed by atoms with E-state index in [9.17, 15) is 1.37 Å². The zero-order chi connectivity index (χ0) is 27.8. The van der Waals surface area contributed by atoms with E-state index in [2.05, 4.69) is 127 Å². The van der Waals surface area contributed by atoms with Crippen molar-refractivity contribution in [3.05, 3.63) is 146 Å². The maximum atomic E-state index is 9.76. The van der Waals surface area contributed by atoms with E-state index in [-0.39, 0.29) is 0 Å². The number of hydrogen-bond donors (Lipinski definition) is 0. The Balaban J connectivity index is 1.56. The monoisotopic (exact) mass is 521 g/mol. The first-order valence-electron chi connectivity index (χ1n) is 14.5. The van der Waals surface area contributed by atoms with Crippen molar-refractivity contribution in [1.82, 2.24) is 0 Å². The number of rotatable bonds is 2. The molecule has 0 bridgehead atoms. The smallest absolute Gasteiger partial charge is 0.143 e. The molecule has 0 N–H and O–H groups in total. The molecular weight excluding hydrogens is 496 g/mol. The highest BCUT2D eigenvalue weighted by molar-refractivity contribution is 6.30. The van der Waals surface area contributed by atoms with Gasteiger partial charge in [0.25, 0.3) is 0 Å². The van der Waals surface area contributed by atoms with Gasteiger partial charge in [0.1, 0.15) is 11.2 Å². The van der Waals surface area contributed by atoms with Crippen molar-refractivity contribution < 1.29 is 5.79 Å². The van der Waals surface area contributed by atoms with Crippen molar-refractivity contribution >= 4 is 65.0 Å². The highest BCUT2D eigenvalue weighted by atomic mass is 16.3. The lowest BCUT2D eigenvalue weighted by molar-refractivity contribution is 0.676. The molecule has 0 saturated carbocycles. The molecule has 0 fully saturated rings. The van der Waals surface area contributed by atoms with Gasteiger partial charge >= 0.3 is 0 Å². The van der Waals surface area contributed by atoms with Crippen molar-refractivity contribution in [2.75, 3.05) is 0 Å². The Labute approximate surface area is 238 Å². The van der Waals surface area contributed by atoms with E-state index in [1.807, 2.05) is 12.1 Å². The van der Waals surface area contributed by atoms with E-state index in [0.29, 0.717) is 6.04 Å². The summed E-state index contributed by atoms with van der Waals surface area (Å²) in [5.74, 6) is 0. The van der Waals surface area contributed by atoms with Gasteiger partial charge in [0, 0.05) is 21.5 Å². The van der Waals surface area contributed by atoms with E-state index < -0.39 is 0 Å². The van der Waals surface area contributed by atoms with Crippen LogP contribution >= 0.6 is 0 Å². The van der Waals surface area contributed by atoms with Crippen molar-refractivity contribution in [1.29, 1.82) is 0 Å². The Hall–Kier alpha value is -5.40. The normalized spacial score (nSPS) is 12.2. The van der Waals surface area contributed by atoms with Crippen LogP contribution in [0.1, 0.15) is 1.37 Å². The molecule has 0 aliphatic carbocycles. The second-order valence-corrected chi connectivity index (χ2v) is 10.7. The highest BCUT2D eigenvalue weighted by Crippen LogP contribution is 2.49. The summed E-state index contributed by atoms with van der Waals surface area (Å²) in [6.45, 7) is 0. The molecule has 0 aliphatic heterocycles. The van der Waals surface area contributed by atoms with E-state index in [4.69, 9.17) is 4.42 Å². The van der Waals surface area contributed by atoms with Crippen LogP contribution in [0.3, 0.4) is 0 Å². The molecule has 0 amide bonds. The SMILES string of the molecule is [2H]c1c(-c2c3ccccc3c(-c3ccccc3)c3ccccc23)c2c3ccc4ccccc4c3oc2c2ccccc12. The average Bonchev–Trinajstić information content (AvgIpc) is 3.45. The van der Waals surface area contributed by atoms with Crippen LogP contribution in [0.4, 0.5) is 0 Å². The molecule has 1 heterocycles. The van der Waals surface area contributed by atoms with Crippen LogP contribution in [0.5, 0.6) is 0 Å². The molecule has 190 valence electrons. The van der Waals surface area contributed by atoms with E-state index in [1.54, 1.807) is 0 Å². The number of fused-ring (bicyclic) bond motifs is 9. The molecule has 8 aromatic carbocycles. The first kappa shape index (κ1) is 21.4. The van der Waals surface area contributed by atoms with Gasteiger partial charge in [0.05, 0.1) is 1.37 Å². The topological polar surface area (TPSA) is 13.1 Å². The predicted octanol–water partition coefficient (Wildman–Crippen LogP) is 11.5. The Morgan fingerprint density at radius 2 is 0.902 bits per heavy atom. The summed E-state index contributed by atoms with van der Waals surface area (Å²) in [5.41, 5.74) is 6.11.